The summed E-state index contributed by atoms with van der Waals surface area (Å²) in [7, 11) is 0. The second-order valence-electron chi connectivity index (χ2n) is 11.6. The number of alkyl halides is 3. The quantitative estimate of drug-likeness (QED) is 0.110. The Bertz CT molecular complexity index is 1730. The lowest BCUT2D eigenvalue weighted by molar-refractivity contribution is -0.137. The summed E-state index contributed by atoms with van der Waals surface area (Å²) in [4.78, 5) is 14.6. The summed E-state index contributed by atoms with van der Waals surface area (Å²) in [6.45, 7) is 3.78. The summed E-state index contributed by atoms with van der Waals surface area (Å²) in [5, 5.41) is 6.37. The van der Waals surface area contributed by atoms with Crippen LogP contribution in [0.5, 0.6) is 5.75 Å². The minimum atomic E-state index is -4.55. The van der Waals surface area contributed by atoms with Gasteiger partial charge in [-0.1, -0.05) is 102 Å². The monoisotopic (exact) mass is 711 g/mol. The van der Waals surface area contributed by atoms with E-state index in [1.54, 1.807) is 12.1 Å². The number of aryl methyl sites for hydroxylation is 1. The van der Waals surface area contributed by atoms with E-state index < -0.39 is 11.7 Å². The zero-order valence-electron chi connectivity index (χ0n) is 27.0. The molecule has 0 atom stereocenters. The highest BCUT2D eigenvalue weighted by molar-refractivity contribution is 6.32. The van der Waals surface area contributed by atoms with Gasteiger partial charge in [0.25, 0.3) is 0 Å². The minimum absolute atomic E-state index is 0. The van der Waals surface area contributed by atoms with Crippen molar-refractivity contribution in [2.24, 2.45) is 0 Å². The Morgan fingerprint density at radius 2 is 1.61 bits per heavy atom. The average molecular weight is 713 g/mol. The summed E-state index contributed by atoms with van der Waals surface area (Å²) in [6, 6.07) is 33.3. The molecule has 5 rings (SSSR count). The molecule has 1 amide bonds. The fourth-order valence-corrected chi connectivity index (χ4v) is 5.88. The molecule has 1 N–H and O–H groups in total. The molecule has 0 radical (unpaired) electrons. The average Bonchev–Trinajstić information content (AvgIpc) is 3.50. The van der Waals surface area contributed by atoms with E-state index in [9.17, 15) is 18.0 Å². The van der Waals surface area contributed by atoms with Crippen LogP contribution in [0.4, 0.5) is 13.2 Å². The largest absolute Gasteiger partial charge is 0.494 e. The number of nitrogens with one attached hydrogen (secondary N) is 1. The summed E-state index contributed by atoms with van der Waals surface area (Å²) >= 11 is 6.34. The lowest BCUT2D eigenvalue weighted by Gasteiger charge is -2.29. The van der Waals surface area contributed by atoms with Gasteiger partial charge in [0.15, 0.2) is 5.76 Å². The van der Waals surface area contributed by atoms with Crippen LogP contribution >= 0.6 is 24.0 Å². The predicted molar refractivity (Wildman–Crippen MR) is 187 cm³/mol. The van der Waals surface area contributed by atoms with Gasteiger partial charge in [0.1, 0.15) is 5.75 Å². The van der Waals surface area contributed by atoms with Crippen molar-refractivity contribution in [1.29, 1.82) is 0 Å². The van der Waals surface area contributed by atoms with Crippen molar-refractivity contribution in [3.05, 3.63) is 153 Å². The van der Waals surface area contributed by atoms with Crippen LogP contribution in [0.2, 0.25) is 5.02 Å². The summed E-state index contributed by atoms with van der Waals surface area (Å²) in [6.07, 6.45) is -3.77. The van der Waals surface area contributed by atoms with Gasteiger partial charge >= 0.3 is 6.18 Å². The van der Waals surface area contributed by atoms with Crippen LogP contribution in [0, 0.1) is 6.92 Å². The minimum Gasteiger partial charge on any atom is -0.494 e. The van der Waals surface area contributed by atoms with E-state index in [1.165, 1.54) is 6.07 Å². The van der Waals surface area contributed by atoms with Crippen LogP contribution in [0.1, 0.15) is 51.6 Å². The molecule has 1 heterocycles. The third-order valence-corrected chi connectivity index (χ3v) is 8.36. The second kappa shape index (κ2) is 17.9. The molecule has 6 nitrogen and oxygen atoms in total. The molecule has 0 aliphatic carbocycles. The molecular formula is C38H38Cl2F3N3O3. The van der Waals surface area contributed by atoms with E-state index >= 15 is 0 Å². The number of aromatic nitrogens is 1. The number of nitrogens with zero attached hydrogens (tertiary/aromatic N) is 2. The molecule has 0 saturated carbocycles. The van der Waals surface area contributed by atoms with Crippen LogP contribution in [0.3, 0.4) is 0 Å². The third-order valence-electron chi connectivity index (χ3n) is 7.91. The molecule has 0 unspecified atom stereocenters. The van der Waals surface area contributed by atoms with Crippen molar-refractivity contribution >= 4 is 29.9 Å². The van der Waals surface area contributed by atoms with Gasteiger partial charge in [0.05, 0.1) is 35.9 Å². The van der Waals surface area contributed by atoms with Crippen LogP contribution in [0.15, 0.2) is 114 Å². The fraction of sp³-hybridized carbons (Fsp3) is 0.263. The lowest BCUT2D eigenvalue weighted by atomic mass is 9.90. The molecular weight excluding hydrogens is 674 g/mol. The first-order valence-electron chi connectivity index (χ1n) is 15.7. The number of carbonyl (C=O) groups excluding carboxylic acids is 1. The van der Waals surface area contributed by atoms with Gasteiger partial charge in [-0.3, -0.25) is 9.69 Å². The van der Waals surface area contributed by atoms with Crippen LogP contribution in [0.25, 0.3) is 0 Å². The smallest absolute Gasteiger partial charge is 0.417 e. The molecule has 5 aromatic rings. The standard InChI is InChI=1S/C38H37ClF3N3O3.ClH/c1-27-21-33(48-44-27)24-43-36(46)23-28-11-8-17-32(22-28)47-20-10-19-45(25-31-16-9-18-35(37(31)39)38(40,41)42)26-34(29-12-4-2-5-13-29)30-14-6-3-7-15-30;/h2-9,11-18,21-22,34H,10,19-20,23-26H2,1H3,(H,43,46);1H. The summed E-state index contributed by atoms with van der Waals surface area (Å²) in [5.74, 6) is 1.04. The fourth-order valence-electron chi connectivity index (χ4n) is 5.59. The highest BCUT2D eigenvalue weighted by Crippen LogP contribution is 2.37. The first kappa shape index (κ1) is 37.5. The molecule has 49 heavy (non-hydrogen) atoms. The van der Waals surface area contributed by atoms with Crippen molar-refractivity contribution in [2.75, 3.05) is 19.7 Å². The number of benzene rings is 4. The third kappa shape index (κ3) is 11.1. The van der Waals surface area contributed by atoms with Crippen molar-refractivity contribution in [3.8, 4) is 5.75 Å². The maximum atomic E-state index is 13.7. The van der Waals surface area contributed by atoms with Gasteiger partial charge in [0, 0.05) is 31.6 Å². The molecule has 0 aliphatic heterocycles. The molecule has 1 aromatic heterocycles. The summed E-state index contributed by atoms with van der Waals surface area (Å²) < 4.78 is 52.3. The molecule has 0 fully saturated rings. The van der Waals surface area contributed by atoms with Crippen molar-refractivity contribution in [2.45, 2.75) is 44.9 Å². The van der Waals surface area contributed by atoms with Gasteiger partial charge in [-0.15, -0.1) is 12.4 Å². The van der Waals surface area contributed by atoms with E-state index in [4.69, 9.17) is 20.9 Å². The number of ether oxygens (including phenoxy) is 1. The van der Waals surface area contributed by atoms with Gasteiger partial charge < -0.3 is 14.6 Å². The molecule has 11 heteroatoms. The van der Waals surface area contributed by atoms with Crippen molar-refractivity contribution in [3.63, 3.8) is 0 Å². The zero-order chi connectivity index (χ0) is 33.9. The number of carbonyl (C=O) groups is 1. The van der Waals surface area contributed by atoms with Gasteiger partial charge in [-0.05, 0) is 53.8 Å². The Morgan fingerprint density at radius 1 is 0.939 bits per heavy atom. The SMILES string of the molecule is Cc1cc(CNC(=O)Cc2cccc(OCCCN(Cc3cccc(C(F)(F)F)c3Cl)CC(c3ccccc3)c3ccccc3)c2)on1.Cl. The highest BCUT2D eigenvalue weighted by atomic mass is 35.5. The zero-order valence-corrected chi connectivity index (χ0v) is 28.5. The van der Waals surface area contributed by atoms with E-state index in [0.29, 0.717) is 43.2 Å². The molecule has 0 saturated heterocycles. The Balaban J connectivity index is 0.00000541. The first-order chi connectivity index (χ1) is 23.2. The topological polar surface area (TPSA) is 67.6 Å². The van der Waals surface area contributed by atoms with Crippen LogP contribution in [-0.2, 0) is 30.5 Å². The maximum absolute atomic E-state index is 13.7. The number of hydrogen-bond acceptors (Lipinski definition) is 5. The Labute approximate surface area is 295 Å². The van der Waals surface area contributed by atoms with Gasteiger partial charge in [-0.2, -0.15) is 13.2 Å². The normalized spacial score (nSPS) is 11.4. The van der Waals surface area contributed by atoms with E-state index in [0.717, 1.165) is 28.5 Å². The Morgan fingerprint density at radius 3 is 2.24 bits per heavy atom. The Kier molecular flexibility index (Phi) is 13.7. The first-order valence-corrected chi connectivity index (χ1v) is 16.1. The van der Waals surface area contributed by atoms with Crippen molar-refractivity contribution < 1.29 is 27.2 Å². The molecule has 0 bridgehead atoms. The van der Waals surface area contributed by atoms with Crippen LogP contribution in [-0.4, -0.2) is 35.7 Å². The molecule has 0 spiro atoms. The molecule has 258 valence electrons. The molecule has 0 aliphatic rings. The number of hydrogen-bond donors (Lipinski definition) is 1. The highest BCUT2D eigenvalue weighted by Gasteiger charge is 2.34. The Hall–Kier alpha value is -4.31. The predicted octanol–water partition coefficient (Wildman–Crippen LogP) is 9.04. The van der Waals surface area contributed by atoms with E-state index in [2.05, 4.69) is 39.6 Å². The second-order valence-corrected chi connectivity index (χ2v) is 12.0. The summed E-state index contributed by atoms with van der Waals surface area (Å²) in [5.41, 5.74) is 3.34. The van der Waals surface area contributed by atoms with Crippen LogP contribution < -0.4 is 10.1 Å². The lowest BCUT2D eigenvalue weighted by Crippen LogP contribution is -2.31. The van der Waals surface area contributed by atoms with Crippen molar-refractivity contribution in [1.82, 2.24) is 15.4 Å². The van der Waals surface area contributed by atoms with E-state index in [1.807, 2.05) is 67.6 Å². The number of amides is 1. The number of halogens is 5. The van der Waals surface area contributed by atoms with Gasteiger partial charge in [-0.25, -0.2) is 0 Å². The maximum Gasteiger partial charge on any atom is 0.417 e. The number of rotatable bonds is 15. The van der Waals surface area contributed by atoms with Gasteiger partial charge in [0.2, 0.25) is 5.91 Å². The molecule has 4 aromatic carbocycles. The van der Waals surface area contributed by atoms with E-state index in [-0.39, 0.29) is 48.8 Å².